The van der Waals surface area contributed by atoms with Crippen molar-refractivity contribution in [3.63, 3.8) is 0 Å². The fraction of sp³-hybridized carbons (Fsp3) is 1.00. The lowest BCUT2D eigenvalue weighted by atomic mass is 10.0. The zero-order chi connectivity index (χ0) is 14.9. The smallest absolute Gasteiger partial charge is 0.0540 e. The van der Waals surface area contributed by atoms with Gasteiger partial charge in [0.05, 0.1) is 6.10 Å². The molecule has 1 unspecified atom stereocenters. The van der Waals surface area contributed by atoms with Gasteiger partial charge in [-0.05, 0) is 25.7 Å². The number of hydrogen-bond donors (Lipinski definition) is 2. The summed E-state index contributed by atoms with van der Waals surface area (Å²) < 4.78 is 0. The zero-order valence-electron chi connectivity index (χ0n) is 13.8. The van der Waals surface area contributed by atoms with E-state index >= 15 is 0 Å². The molecule has 0 rings (SSSR count). The Morgan fingerprint density at radius 2 is 1.00 bits per heavy atom. The standard InChI is InChI=1S/C18H38O2/c1-2-3-4-5-6-7-8-9-10-11-12-15-18(20)16-13-14-17-19/h18-20H,2-17H2,1H3. The predicted octanol–water partition coefficient (Wildman–Crippen LogP) is 5.21. The van der Waals surface area contributed by atoms with E-state index in [2.05, 4.69) is 6.92 Å². The van der Waals surface area contributed by atoms with Gasteiger partial charge < -0.3 is 10.2 Å². The van der Waals surface area contributed by atoms with Crippen molar-refractivity contribution in [2.45, 2.75) is 109 Å². The first-order valence-electron chi connectivity index (χ1n) is 9.10. The van der Waals surface area contributed by atoms with Crippen LogP contribution in [0.3, 0.4) is 0 Å². The summed E-state index contributed by atoms with van der Waals surface area (Å²) in [5.74, 6) is 0. The maximum atomic E-state index is 9.74. The molecule has 0 aromatic rings. The van der Waals surface area contributed by atoms with E-state index in [1.807, 2.05) is 0 Å². The van der Waals surface area contributed by atoms with E-state index in [1.165, 1.54) is 64.2 Å². The Hall–Kier alpha value is -0.0800. The quantitative estimate of drug-likeness (QED) is 0.382. The maximum absolute atomic E-state index is 9.74. The molecule has 2 heteroatoms. The van der Waals surface area contributed by atoms with Gasteiger partial charge in [-0.15, -0.1) is 0 Å². The fourth-order valence-electron chi connectivity index (χ4n) is 2.68. The van der Waals surface area contributed by atoms with Gasteiger partial charge in [0, 0.05) is 6.61 Å². The lowest BCUT2D eigenvalue weighted by Gasteiger charge is -2.09. The van der Waals surface area contributed by atoms with Gasteiger partial charge in [0.2, 0.25) is 0 Å². The van der Waals surface area contributed by atoms with Crippen LogP contribution in [0.2, 0.25) is 0 Å². The van der Waals surface area contributed by atoms with Crippen molar-refractivity contribution in [1.82, 2.24) is 0 Å². The molecular weight excluding hydrogens is 248 g/mol. The third-order valence-electron chi connectivity index (χ3n) is 4.09. The molecule has 0 heterocycles. The van der Waals surface area contributed by atoms with Crippen LogP contribution in [0.1, 0.15) is 103 Å². The molecule has 0 aliphatic heterocycles. The van der Waals surface area contributed by atoms with Crippen LogP contribution in [0.15, 0.2) is 0 Å². The second-order valence-electron chi connectivity index (χ2n) is 6.20. The van der Waals surface area contributed by atoms with E-state index in [0.29, 0.717) is 0 Å². The Morgan fingerprint density at radius 3 is 1.45 bits per heavy atom. The summed E-state index contributed by atoms with van der Waals surface area (Å²) in [6.07, 6.45) is 18.4. The first-order chi connectivity index (χ1) is 9.81. The van der Waals surface area contributed by atoms with Crippen molar-refractivity contribution >= 4 is 0 Å². The molecular formula is C18H38O2. The molecule has 1 atom stereocenters. The molecule has 0 aliphatic rings. The molecule has 0 aromatic carbocycles. The molecule has 20 heavy (non-hydrogen) atoms. The SMILES string of the molecule is CCCCCCCCCCCCCC(O)CCCCO. The fourth-order valence-corrected chi connectivity index (χ4v) is 2.68. The van der Waals surface area contributed by atoms with Crippen LogP contribution >= 0.6 is 0 Å². The largest absolute Gasteiger partial charge is 0.396 e. The van der Waals surface area contributed by atoms with Crippen molar-refractivity contribution < 1.29 is 10.2 Å². The van der Waals surface area contributed by atoms with E-state index in [9.17, 15) is 5.11 Å². The Morgan fingerprint density at radius 1 is 0.600 bits per heavy atom. The molecule has 0 saturated carbocycles. The lowest BCUT2D eigenvalue weighted by molar-refractivity contribution is 0.144. The highest BCUT2D eigenvalue weighted by Gasteiger charge is 2.03. The minimum absolute atomic E-state index is 0.139. The second-order valence-corrected chi connectivity index (χ2v) is 6.20. The molecule has 122 valence electrons. The third kappa shape index (κ3) is 16.0. The summed E-state index contributed by atoms with van der Waals surface area (Å²) in [6.45, 7) is 2.52. The van der Waals surface area contributed by atoms with Crippen LogP contribution in [-0.4, -0.2) is 22.9 Å². The molecule has 0 spiro atoms. The van der Waals surface area contributed by atoms with Crippen LogP contribution in [0, 0.1) is 0 Å². The topological polar surface area (TPSA) is 40.5 Å². The summed E-state index contributed by atoms with van der Waals surface area (Å²) in [6, 6.07) is 0. The molecule has 0 fully saturated rings. The molecule has 0 amide bonds. The highest BCUT2D eigenvalue weighted by molar-refractivity contribution is 4.57. The van der Waals surface area contributed by atoms with Gasteiger partial charge in [0.25, 0.3) is 0 Å². The van der Waals surface area contributed by atoms with Gasteiger partial charge in [0.1, 0.15) is 0 Å². The van der Waals surface area contributed by atoms with Crippen molar-refractivity contribution in [2.75, 3.05) is 6.61 Å². The van der Waals surface area contributed by atoms with Crippen LogP contribution in [-0.2, 0) is 0 Å². The van der Waals surface area contributed by atoms with Gasteiger partial charge in [-0.1, -0.05) is 77.6 Å². The minimum Gasteiger partial charge on any atom is -0.396 e. The van der Waals surface area contributed by atoms with Crippen LogP contribution < -0.4 is 0 Å². The molecule has 2 N–H and O–H groups in total. The van der Waals surface area contributed by atoms with E-state index in [4.69, 9.17) is 5.11 Å². The Balaban J connectivity index is 3.05. The Kier molecular flexibility index (Phi) is 16.9. The zero-order valence-corrected chi connectivity index (χ0v) is 13.8. The third-order valence-corrected chi connectivity index (χ3v) is 4.09. The summed E-state index contributed by atoms with van der Waals surface area (Å²) in [7, 11) is 0. The van der Waals surface area contributed by atoms with E-state index < -0.39 is 0 Å². The average Bonchev–Trinajstić information content (AvgIpc) is 2.45. The van der Waals surface area contributed by atoms with Crippen molar-refractivity contribution in [1.29, 1.82) is 0 Å². The Labute approximate surface area is 127 Å². The number of hydrogen-bond acceptors (Lipinski definition) is 2. The van der Waals surface area contributed by atoms with Gasteiger partial charge in [-0.3, -0.25) is 0 Å². The second kappa shape index (κ2) is 17.0. The Bertz CT molecular complexity index is 171. The minimum atomic E-state index is -0.139. The maximum Gasteiger partial charge on any atom is 0.0540 e. The summed E-state index contributed by atoms with van der Waals surface area (Å²) in [5, 5.41) is 18.4. The van der Waals surface area contributed by atoms with Gasteiger partial charge in [-0.2, -0.15) is 0 Å². The number of unbranched alkanes of at least 4 members (excludes halogenated alkanes) is 11. The monoisotopic (exact) mass is 286 g/mol. The molecule has 0 aromatic heterocycles. The highest BCUT2D eigenvalue weighted by Crippen LogP contribution is 2.13. The van der Waals surface area contributed by atoms with E-state index in [1.54, 1.807) is 0 Å². The first kappa shape index (κ1) is 19.9. The number of aliphatic hydroxyl groups is 2. The van der Waals surface area contributed by atoms with Crippen LogP contribution in [0.4, 0.5) is 0 Å². The molecule has 0 aliphatic carbocycles. The van der Waals surface area contributed by atoms with Gasteiger partial charge in [0.15, 0.2) is 0 Å². The first-order valence-corrected chi connectivity index (χ1v) is 9.10. The van der Waals surface area contributed by atoms with Gasteiger partial charge in [-0.25, -0.2) is 0 Å². The molecule has 0 bridgehead atoms. The average molecular weight is 286 g/mol. The van der Waals surface area contributed by atoms with Crippen molar-refractivity contribution in [3.8, 4) is 0 Å². The number of rotatable bonds is 16. The van der Waals surface area contributed by atoms with E-state index in [-0.39, 0.29) is 12.7 Å². The van der Waals surface area contributed by atoms with E-state index in [0.717, 1.165) is 32.1 Å². The number of aliphatic hydroxyl groups excluding tert-OH is 2. The molecule has 0 radical (unpaired) electrons. The van der Waals surface area contributed by atoms with Crippen molar-refractivity contribution in [2.24, 2.45) is 0 Å². The van der Waals surface area contributed by atoms with Crippen LogP contribution in [0.5, 0.6) is 0 Å². The highest BCUT2D eigenvalue weighted by atomic mass is 16.3. The summed E-state index contributed by atoms with van der Waals surface area (Å²) >= 11 is 0. The normalized spacial score (nSPS) is 12.8. The lowest BCUT2D eigenvalue weighted by Crippen LogP contribution is -2.06. The molecule has 0 saturated heterocycles. The van der Waals surface area contributed by atoms with Gasteiger partial charge >= 0.3 is 0 Å². The predicted molar refractivity (Wildman–Crippen MR) is 88.0 cm³/mol. The molecule has 2 nitrogen and oxygen atoms in total. The summed E-state index contributed by atoms with van der Waals surface area (Å²) in [4.78, 5) is 0. The van der Waals surface area contributed by atoms with Crippen molar-refractivity contribution in [3.05, 3.63) is 0 Å². The summed E-state index contributed by atoms with van der Waals surface area (Å²) in [5.41, 5.74) is 0. The van der Waals surface area contributed by atoms with Crippen LogP contribution in [0.25, 0.3) is 0 Å².